The van der Waals surface area contributed by atoms with Crippen LogP contribution < -0.4 is 0 Å². The first-order chi connectivity index (χ1) is 10.0. The summed E-state index contributed by atoms with van der Waals surface area (Å²) in [7, 11) is 0. The second-order valence-electron chi connectivity index (χ2n) is 4.77. The second-order valence-corrected chi connectivity index (χ2v) is 4.77. The summed E-state index contributed by atoms with van der Waals surface area (Å²) >= 11 is 0. The topological polar surface area (TPSA) is 42.2 Å². The molecule has 0 atom stereocenters. The van der Waals surface area contributed by atoms with Crippen LogP contribution >= 0.6 is 0 Å². The summed E-state index contributed by atoms with van der Waals surface area (Å²) in [5, 5.41) is 9.42. The maximum absolute atomic E-state index is 13.6. The van der Waals surface area contributed by atoms with Crippen molar-refractivity contribution in [2.24, 2.45) is 0 Å². The zero-order valence-electron chi connectivity index (χ0n) is 10.9. The number of carbonyl (C=O) groups is 1. The fourth-order valence-electron chi connectivity index (χ4n) is 2.39. The number of hydrogen-bond donors (Lipinski definition) is 1. The van der Waals surface area contributed by atoms with E-state index in [4.69, 9.17) is 5.11 Å². The van der Waals surface area contributed by atoms with Gasteiger partial charge in [-0.3, -0.25) is 0 Å². The molecule has 0 unspecified atom stereocenters. The molecule has 0 aliphatic carbocycles. The number of hydrogen-bond acceptors (Lipinski definition) is 1. The Morgan fingerprint density at radius 2 is 1.95 bits per heavy atom. The van der Waals surface area contributed by atoms with Gasteiger partial charge in [0.25, 0.3) is 0 Å². The van der Waals surface area contributed by atoms with Gasteiger partial charge in [-0.15, -0.1) is 0 Å². The van der Waals surface area contributed by atoms with E-state index in [1.54, 1.807) is 29.0 Å². The summed E-state index contributed by atoms with van der Waals surface area (Å²) in [5.41, 5.74) is 1.08. The highest BCUT2D eigenvalue weighted by molar-refractivity contribution is 5.87. The van der Waals surface area contributed by atoms with Gasteiger partial charge in [-0.2, -0.15) is 0 Å². The molecule has 0 spiro atoms. The molecule has 3 nitrogen and oxygen atoms in total. The van der Waals surface area contributed by atoms with Gasteiger partial charge in [0.2, 0.25) is 0 Å². The molecule has 0 amide bonds. The third-order valence-corrected chi connectivity index (χ3v) is 3.32. The van der Waals surface area contributed by atoms with Crippen molar-refractivity contribution in [2.75, 3.05) is 0 Å². The van der Waals surface area contributed by atoms with E-state index in [0.29, 0.717) is 16.5 Å². The average Bonchev–Trinajstić information content (AvgIpc) is 2.83. The first-order valence-electron chi connectivity index (χ1n) is 6.31. The minimum atomic E-state index is -1.18. The lowest BCUT2D eigenvalue weighted by atomic mass is 10.1. The Hall–Kier alpha value is -2.69. The smallest absolute Gasteiger partial charge is 0.335 e. The van der Waals surface area contributed by atoms with Crippen LogP contribution in [-0.4, -0.2) is 15.6 Å². The number of benzene rings is 2. The van der Waals surface area contributed by atoms with Gasteiger partial charge in [0.1, 0.15) is 11.6 Å². The molecule has 0 fully saturated rings. The molecular formula is C16H11F2NO2. The van der Waals surface area contributed by atoms with Gasteiger partial charge >= 0.3 is 5.97 Å². The normalized spacial score (nSPS) is 11.0. The molecule has 1 heterocycles. The number of rotatable bonds is 3. The number of aromatic carboxylic acids is 1. The van der Waals surface area contributed by atoms with E-state index in [1.807, 2.05) is 0 Å². The Labute approximate surface area is 119 Å². The third-order valence-electron chi connectivity index (χ3n) is 3.32. The van der Waals surface area contributed by atoms with Crippen molar-refractivity contribution in [1.82, 2.24) is 4.57 Å². The number of nitrogens with zero attached hydrogens (tertiary/aromatic N) is 1. The number of fused-ring (bicyclic) bond motifs is 1. The van der Waals surface area contributed by atoms with Crippen molar-refractivity contribution in [3.63, 3.8) is 0 Å². The van der Waals surface area contributed by atoms with Crippen LogP contribution in [0.2, 0.25) is 0 Å². The highest BCUT2D eigenvalue weighted by Crippen LogP contribution is 2.20. The first-order valence-corrected chi connectivity index (χ1v) is 6.31. The number of halogens is 2. The molecule has 0 saturated heterocycles. The van der Waals surface area contributed by atoms with Crippen LogP contribution in [0.4, 0.5) is 8.78 Å². The fourth-order valence-corrected chi connectivity index (χ4v) is 2.39. The van der Waals surface area contributed by atoms with Crippen LogP contribution in [0.3, 0.4) is 0 Å². The molecule has 0 radical (unpaired) electrons. The van der Waals surface area contributed by atoms with Crippen LogP contribution in [0.15, 0.2) is 48.7 Å². The molecule has 0 aliphatic rings. The molecule has 106 valence electrons. The van der Waals surface area contributed by atoms with E-state index in [9.17, 15) is 13.6 Å². The van der Waals surface area contributed by atoms with Gasteiger partial charge < -0.3 is 9.67 Å². The Bertz CT molecular complexity index is 839. The van der Waals surface area contributed by atoms with Crippen molar-refractivity contribution in [3.8, 4) is 0 Å². The lowest BCUT2D eigenvalue weighted by Crippen LogP contribution is -2.03. The zero-order chi connectivity index (χ0) is 15.0. The van der Waals surface area contributed by atoms with E-state index < -0.39 is 11.8 Å². The molecule has 21 heavy (non-hydrogen) atoms. The Morgan fingerprint density at radius 1 is 1.14 bits per heavy atom. The second kappa shape index (κ2) is 5.01. The van der Waals surface area contributed by atoms with Crippen molar-refractivity contribution in [1.29, 1.82) is 0 Å². The molecule has 0 saturated carbocycles. The van der Waals surface area contributed by atoms with E-state index in [0.717, 1.165) is 6.07 Å². The van der Waals surface area contributed by atoms with Gasteiger partial charge in [-0.1, -0.05) is 6.07 Å². The molecule has 3 rings (SSSR count). The predicted octanol–water partition coefficient (Wildman–Crippen LogP) is 3.67. The zero-order valence-corrected chi connectivity index (χ0v) is 10.9. The van der Waals surface area contributed by atoms with Crippen molar-refractivity contribution < 1.29 is 18.7 Å². The quantitative estimate of drug-likeness (QED) is 0.798. The van der Waals surface area contributed by atoms with E-state index in [2.05, 4.69) is 0 Å². The average molecular weight is 287 g/mol. The van der Waals surface area contributed by atoms with Crippen LogP contribution in [0.1, 0.15) is 15.9 Å². The number of aromatic nitrogens is 1. The van der Waals surface area contributed by atoms with Crippen molar-refractivity contribution >= 4 is 16.9 Å². The maximum Gasteiger partial charge on any atom is 0.335 e. The fraction of sp³-hybridized carbons (Fsp3) is 0.0625. The molecule has 2 aromatic carbocycles. The lowest BCUT2D eigenvalue weighted by molar-refractivity contribution is 0.0696. The summed E-state index contributed by atoms with van der Waals surface area (Å²) < 4.78 is 28.8. The highest BCUT2D eigenvalue weighted by atomic mass is 19.1. The van der Waals surface area contributed by atoms with E-state index in [-0.39, 0.29) is 17.9 Å². The summed E-state index contributed by atoms with van der Waals surface area (Å²) in [4.78, 5) is 10.9. The number of carboxylic acids is 1. The number of carboxylic acid groups (broad SMARTS) is 1. The van der Waals surface area contributed by atoms with Crippen molar-refractivity contribution in [3.05, 3.63) is 71.4 Å². The molecule has 0 bridgehead atoms. The predicted molar refractivity (Wildman–Crippen MR) is 74.4 cm³/mol. The SMILES string of the molecule is O=C(O)c1cc(F)cc(Cn2ccc3c(F)cccc32)c1. The third kappa shape index (κ3) is 2.50. The van der Waals surface area contributed by atoms with Crippen LogP contribution in [0.25, 0.3) is 10.9 Å². The summed E-state index contributed by atoms with van der Waals surface area (Å²) in [5.74, 6) is -2.11. The van der Waals surface area contributed by atoms with Crippen molar-refractivity contribution in [2.45, 2.75) is 6.54 Å². The monoisotopic (exact) mass is 287 g/mol. The summed E-state index contributed by atoms with van der Waals surface area (Å²) in [6, 6.07) is 10.0. The molecule has 1 aromatic heterocycles. The maximum atomic E-state index is 13.6. The molecule has 3 aromatic rings. The van der Waals surface area contributed by atoms with Gasteiger partial charge in [0.15, 0.2) is 0 Å². The lowest BCUT2D eigenvalue weighted by Gasteiger charge is -2.07. The highest BCUT2D eigenvalue weighted by Gasteiger charge is 2.09. The molecular weight excluding hydrogens is 276 g/mol. The van der Waals surface area contributed by atoms with Crippen LogP contribution in [-0.2, 0) is 6.54 Å². The molecule has 1 N–H and O–H groups in total. The van der Waals surface area contributed by atoms with E-state index in [1.165, 1.54) is 18.2 Å². The van der Waals surface area contributed by atoms with Gasteiger partial charge in [-0.05, 0) is 42.0 Å². The van der Waals surface area contributed by atoms with Crippen LogP contribution in [0.5, 0.6) is 0 Å². The largest absolute Gasteiger partial charge is 0.478 e. The Balaban J connectivity index is 2.03. The standard InChI is InChI=1S/C16H11F2NO2/c17-12-7-10(6-11(8-12)16(20)21)9-19-5-4-13-14(18)2-1-3-15(13)19/h1-8H,9H2,(H,20,21). The summed E-state index contributed by atoms with van der Waals surface area (Å²) in [6.45, 7) is 0.269. The van der Waals surface area contributed by atoms with Gasteiger partial charge in [-0.25, -0.2) is 13.6 Å². The first kappa shape index (κ1) is 13.3. The molecule has 5 heteroatoms. The summed E-state index contributed by atoms with van der Waals surface area (Å²) in [6.07, 6.45) is 1.69. The Kier molecular flexibility index (Phi) is 3.17. The Morgan fingerprint density at radius 3 is 2.71 bits per heavy atom. The van der Waals surface area contributed by atoms with Crippen LogP contribution in [0, 0.1) is 11.6 Å². The minimum absolute atomic E-state index is 0.104. The van der Waals surface area contributed by atoms with Gasteiger partial charge in [0, 0.05) is 18.1 Å². The molecule has 0 aliphatic heterocycles. The minimum Gasteiger partial charge on any atom is -0.478 e. The van der Waals surface area contributed by atoms with E-state index >= 15 is 0 Å². The van der Waals surface area contributed by atoms with Gasteiger partial charge in [0.05, 0.1) is 11.1 Å².